The second kappa shape index (κ2) is 5.15. The van der Waals surface area contributed by atoms with E-state index in [0.717, 1.165) is 24.3 Å². The summed E-state index contributed by atoms with van der Waals surface area (Å²) in [5.74, 6) is 1.01. The molecule has 0 radical (unpaired) electrons. The van der Waals surface area contributed by atoms with E-state index in [1.54, 1.807) is 0 Å². The van der Waals surface area contributed by atoms with Crippen LogP contribution in [0.25, 0.3) is 11.0 Å². The summed E-state index contributed by atoms with van der Waals surface area (Å²) in [6.45, 7) is 9.47. The molecule has 0 spiro atoms. The summed E-state index contributed by atoms with van der Waals surface area (Å²) < 4.78 is 5.83. The van der Waals surface area contributed by atoms with E-state index in [1.807, 2.05) is 0 Å². The standard InChI is InChI=1S/C16H23NO/c1-5-6-12-7-8-15-13(9-12)10-14(18-15)11-17-16(2,3)4/h7-10,17H,5-6,11H2,1-4H3. The van der Waals surface area contributed by atoms with Gasteiger partial charge in [-0.05, 0) is 51.0 Å². The van der Waals surface area contributed by atoms with Crippen LogP contribution in [-0.2, 0) is 13.0 Å². The molecule has 18 heavy (non-hydrogen) atoms. The van der Waals surface area contributed by atoms with Crippen molar-refractivity contribution in [3.63, 3.8) is 0 Å². The van der Waals surface area contributed by atoms with E-state index in [0.29, 0.717) is 0 Å². The Morgan fingerprint density at radius 3 is 2.61 bits per heavy atom. The van der Waals surface area contributed by atoms with Crippen LogP contribution in [0, 0.1) is 0 Å². The number of hydrogen-bond acceptors (Lipinski definition) is 2. The van der Waals surface area contributed by atoms with E-state index in [2.05, 4.69) is 57.3 Å². The molecule has 0 aliphatic heterocycles. The van der Waals surface area contributed by atoms with Crippen molar-refractivity contribution in [1.82, 2.24) is 5.32 Å². The summed E-state index contributed by atoms with van der Waals surface area (Å²) in [6.07, 6.45) is 2.32. The zero-order valence-corrected chi connectivity index (χ0v) is 11.8. The molecule has 0 unspecified atom stereocenters. The van der Waals surface area contributed by atoms with Crippen LogP contribution >= 0.6 is 0 Å². The first-order valence-corrected chi connectivity index (χ1v) is 6.74. The molecule has 1 aromatic heterocycles. The van der Waals surface area contributed by atoms with Crippen LogP contribution in [0.15, 0.2) is 28.7 Å². The molecule has 1 heterocycles. The summed E-state index contributed by atoms with van der Waals surface area (Å²) in [6, 6.07) is 8.63. The third-order valence-electron chi connectivity index (χ3n) is 2.96. The van der Waals surface area contributed by atoms with Gasteiger partial charge in [0.1, 0.15) is 11.3 Å². The Hall–Kier alpha value is -1.28. The highest BCUT2D eigenvalue weighted by Gasteiger charge is 2.11. The fourth-order valence-corrected chi connectivity index (χ4v) is 2.03. The van der Waals surface area contributed by atoms with Gasteiger partial charge in [0.2, 0.25) is 0 Å². The SMILES string of the molecule is CCCc1ccc2oc(CNC(C)(C)C)cc2c1. The Morgan fingerprint density at radius 1 is 1.17 bits per heavy atom. The molecule has 0 bridgehead atoms. The molecule has 2 nitrogen and oxygen atoms in total. The van der Waals surface area contributed by atoms with Crippen molar-refractivity contribution in [2.24, 2.45) is 0 Å². The van der Waals surface area contributed by atoms with E-state index in [-0.39, 0.29) is 5.54 Å². The molecule has 1 N–H and O–H groups in total. The highest BCUT2D eigenvalue weighted by atomic mass is 16.3. The number of rotatable bonds is 4. The average molecular weight is 245 g/mol. The van der Waals surface area contributed by atoms with Gasteiger partial charge in [0, 0.05) is 10.9 Å². The molecule has 2 rings (SSSR count). The fourth-order valence-electron chi connectivity index (χ4n) is 2.03. The van der Waals surface area contributed by atoms with Gasteiger partial charge in [-0.15, -0.1) is 0 Å². The van der Waals surface area contributed by atoms with Gasteiger partial charge in [-0.3, -0.25) is 0 Å². The summed E-state index contributed by atoms with van der Waals surface area (Å²) in [4.78, 5) is 0. The molecular weight excluding hydrogens is 222 g/mol. The van der Waals surface area contributed by atoms with Crippen LogP contribution in [0.1, 0.15) is 45.4 Å². The zero-order chi connectivity index (χ0) is 13.2. The first kappa shape index (κ1) is 13.2. The summed E-state index contributed by atoms with van der Waals surface area (Å²) in [7, 11) is 0. The lowest BCUT2D eigenvalue weighted by molar-refractivity contribution is 0.395. The van der Waals surface area contributed by atoms with Crippen LogP contribution in [0.2, 0.25) is 0 Å². The lowest BCUT2D eigenvalue weighted by atomic mass is 10.1. The average Bonchev–Trinajstić information content (AvgIpc) is 2.68. The lowest BCUT2D eigenvalue weighted by Gasteiger charge is -2.19. The van der Waals surface area contributed by atoms with Gasteiger partial charge in [-0.1, -0.05) is 19.4 Å². The van der Waals surface area contributed by atoms with Crippen molar-refractivity contribution in [1.29, 1.82) is 0 Å². The molecule has 2 heteroatoms. The number of nitrogens with one attached hydrogen (secondary N) is 1. The van der Waals surface area contributed by atoms with Gasteiger partial charge < -0.3 is 9.73 Å². The van der Waals surface area contributed by atoms with E-state index >= 15 is 0 Å². The topological polar surface area (TPSA) is 25.2 Å². The second-order valence-electron chi connectivity index (χ2n) is 5.94. The molecule has 0 aliphatic carbocycles. The maximum atomic E-state index is 5.83. The Kier molecular flexibility index (Phi) is 3.76. The maximum Gasteiger partial charge on any atom is 0.134 e. The molecular formula is C16H23NO. The Labute approximate surface area is 109 Å². The number of hydrogen-bond donors (Lipinski definition) is 1. The van der Waals surface area contributed by atoms with Crippen LogP contribution in [0.4, 0.5) is 0 Å². The van der Waals surface area contributed by atoms with E-state index < -0.39 is 0 Å². The lowest BCUT2D eigenvalue weighted by Crippen LogP contribution is -2.34. The smallest absolute Gasteiger partial charge is 0.134 e. The molecule has 0 aliphatic rings. The quantitative estimate of drug-likeness (QED) is 0.870. The largest absolute Gasteiger partial charge is 0.460 e. The van der Waals surface area contributed by atoms with Crippen molar-refractivity contribution in [2.45, 2.75) is 52.6 Å². The summed E-state index contributed by atoms with van der Waals surface area (Å²) in [5.41, 5.74) is 2.49. The van der Waals surface area contributed by atoms with E-state index in [4.69, 9.17) is 4.42 Å². The van der Waals surface area contributed by atoms with Crippen LogP contribution in [0.3, 0.4) is 0 Å². The summed E-state index contributed by atoms with van der Waals surface area (Å²) >= 11 is 0. The molecule has 0 atom stereocenters. The van der Waals surface area contributed by atoms with Gasteiger partial charge in [-0.25, -0.2) is 0 Å². The van der Waals surface area contributed by atoms with Crippen molar-refractivity contribution in [3.8, 4) is 0 Å². The second-order valence-corrected chi connectivity index (χ2v) is 5.94. The highest BCUT2D eigenvalue weighted by molar-refractivity contribution is 5.78. The number of aryl methyl sites for hydroxylation is 1. The van der Waals surface area contributed by atoms with Crippen molar-refractivity contribution < 1.29 is 4.42 Å². The number of fused-ring (bicyclic) bond motifs is 1. The molecule has 2 aromatic rings. The fraction of sp³-hybridized carbons (Fsp3) is 0.500. The molecule has 0 fully saturated rings. The predicted molar refractivity (Wildman–Crippen MR) is 76.8 cm³/mol. The van der Waals surface area contributed by atoms with Crippen LogP contribution in [-0.4, -0.2) is 5.54 Å². The zero-order valence-electron chi connectivity index (χ0n) is 11.8. The van der Waals surface area contributed by atoms with E-state index in [9.17, 15) is 0 Å². The van der Waals surface area contributed by atoms with Gasteiger partial charge in [0.05, 0.1) is 6.54 Å². The van der Waals surface area contributed by atoms with Gasteiger partial charge in [-0.2, -0.15) is 0 Å². The molecule has 0 saturated carbocycles. The maximum absolute atomic E-state index is 5.83. The predicted octanol–water partition coefficient (Wildman–Crippen LogP) is 4.27. The van der Waals surface area contributed by atoms with Crippen molar-refractivity contribution in [3.05, 3.63) is 35.6 Å². The minimum absolute atomic E-state index is 0.117. The molecule has 0 saturated heterocycles. The first-order valence-electron chi connectivity index (χ1n) is 6.74. The minimum atomic E-state index is 0.117. The molecule has 1 aromatic carbocycles. The summed E-state index contributed by atoms with van der Waals surface area (Å²) in [5, 5.41) is 4.66. The Balaban J connectivity index is 2.16. The van der Waals surface area contributed by atoms with E-state index in [1.165, 1.54) is 17.4 Å². The third-order valence-corrected chi connectivity index (χ3v) is 2.96. The highest BCUT2D eigenvalue weighted by Crippen LogP contribution is 2.21. The Bertz CT molecular complexity index is 519. The van der Waals surface area contributed by atoms with Crippen molar-refractivity contribution >= 4 is 11.0 Å². The third kappa shape index (κ3) is 3.36. The normalized spacial score (nSPS) is 12.2. The molecule has 98 valence electrons. The number of benzene rings is 1. The van der Waals surface area contributed by atoms with Gasteiger partial charge in [0.15, 0.2) is 0 Å². The molecule has 0 amide bonds. The van der Waals surface area contributed by atoms with Gasteiger partial charge in [0.25, 0.3) is 0 Å². The Morgan fingerprint density at radius 2 is 1.94 bits per heavy atom. The van der Waals surface area contributed by atoms with Crippen LogP contribution < -0.4 is 5.32 Å². The van der Waals surface area contributed by atoms with Crippen molar-refractivity contribution in [2.75, 3.05) is 0 Å². The van der Waals surface area contributed by atoms with Crippen LogP contribution in [0.5, 0.6) is 0 Å². The minimum Gasteiger partial charge on any atom is -0.460 e. The number of furan rings is 1. The monoisotopic (exact) mass is 245 g/mol. The first-order chi connectivity index (χ1) is 8.48. The van der Waals surface area contributed by atoms with Gasteiger partial charge >= 0.3 is 0 Å².